The van der Waals surface area contributed by atoms with Crippen LogP contribution in [0.1, 0.15) is 42.6 Å². The van der Waals surface area contributed by atoms with Crippen LogP contribution in [0.4, 0.5) is 0 Å². The molecule has 124 valence electrons. The lowest BCUT2D eigenvalue weighted by atomic mass is 10.1. The molecule has 0 aliphatic heterocycles. The third-order valence-corrected chi connectivity index (χ3v) is 4.76. The Hall–Kier alpha value is -1.44. The summed E-state index contributed by atoms with van der Waals surface area (Å²) >= 11 is 0. The van der Waals surface area contributed by atoms with Crippen molar-refractivity contribution in [2.45, 2.75) is 33.2 Å². The second-order valence-electron chi connectivity index (χ2n) is 5.06. The second kappa shape index (κ2) is 8.87. The lowest BCUT2D eigenvalue weighted by Crippen LogP contribution is -2.38. The van der Waals surface area contributed by atoms with Gasteiger partial charge in [-0.1, -0.05) is 25.5 Å². The molecule has 1 aromatic carbocycles. The first kappa shape index (κ1) is 18.6. The van der Waals surface area contributed by atoms with Crippen molar-refractivity contribution in [3.8, 4) is 0 Å². The molecule has 0 aromatic heterocycles. The molecule has 0 saturated heterocycles. The molecular weight excluding hydrogens is 302 g/mol. The number of unbranched alkanes of at least 4 members (excludes halogenated alkanes) is 1. The van der Waals surface area contributed by atoms with Crippen molar-refractivity contribution < 1.29 is 13.2 Å². The van der Waals surface area contributed by atoms with Gasteiger partial charge in [0.05, 0.1) is 0 Å². The summed E-state index contributed by atoms with van der Waals surface area (Å²) in [5.41, 5.74) is 1.37. The van der Waals surface area contributed by atoms with Gasteiger partial charge in [-0.05, 0) is 31.0 Å². The van der Waals surface area contributed by atoms with Gasteiger partial charge in [0.2, 0.25) is 0 Å². The predicted octanol–water partition coefficient (Wildman–Crippen LogP) is 1.50. The highest BCUT2D eigenvalue weighted by Gasteiger charge is 2.16. The van der Waals surface area contributed by atoms with E-state index in [2.05, 4.69) is 10.0 Å². The largest absolute Gasteiger partial charge is 0.352 e. The summed E-state index contributed by atoms with van der Waals surface area (Å²) < 4.78 is 27.9. The normalized spacial score (nSPS) is 11.6. The van der Waals surface area contributed by atoms with E-state index in [-0.39, 0.29) is 12.5 Å². The predicted molar refractivity (Wildman–Crippen MR) is 87.7 cm³/mol. The monoisotopic (exact) mass is 327 g/mol. The molecule has 22 heavy (non-hydrogen) atoms. The molecule has 0 heterocycles. The number of rotatable bonds is 9. The first-order valence-electron chi connectivity index (χ1n) is 7.48. The van der Waals surface area contributed by atoms with Gasteiger partial charge in [-0.2, -0.15) is 17.4 Å². The highest BCUT2D eigenvalue weighted by molar-refractivity contribution is 7.87. The van der Waals surface area contributed by atoms with Crippen LogP contribution >= 0.6 is 0 Å². The molecule has 1 aromatic rings. The van der Waals surface area contributed by atoms with E-state index in [4.69, 9.17) is 0 Å². The van der Waals surface area contributed by atoms with E-state index in [9.17, 15) is 13.2 Å². The quantitative estimate of drug-likeness (QED) is 0.721. The number of benzene rings is 1. The Bertz CT molecular complexity index is 570. The number of amides is 1. The average molecular weight is 327 g/mol. The summed E-state index contributed by atoms with van der Waals surface area (Å²) in [4.78, 5) is 11.6. The van der Waals surface area contributed by atoms with Crippen LogP contribution in [0.15, 0.2) is 24.3 Å². The highest BCUT2D eigenvalue weighted by atomic mass is 32.2. The van der Waals surface area contributed by atoms with E-state index in [0.29, 0.717) is 18.7 Å². The Morgan fingerprint density at radius 1 is 1.18 bits per heavy atom. The van der Waals surface area contributed by atoms with Crippen molar-refractivity contribution in [3.63, 3.8) is 0 Å². The van der Waals surface area contributed by atoms with Crippen molar-refractivity contribution in [2.75, 3.05) is 20.1 Å². The van der Waals surface area contributed by atoms with Crippen LogP contribution in [0.5, 0.6) is 0 Å². The lowest BCUT2D eigenvalue weighted by molar-refractivity contribution is 0.0956. The first-order chi connectivity index (χ1) is 10.4. The van der Waals surface area contributed by atoms with Crippen LogP contribution in [-0.4, -0.2) is 38.8 Å². The zero-order valence-electron chi connectivity index (χ0n) is 13.4. The minimum atomic E-state index is -3.46. The van der Waals surface area contributed by atoms with Gasteiger partial charge in [0.25, 0.3) is 16.1 Å². The molecule has 2 N–H and O–H groups in total. The molecule has 1 amide bonds. The minimum Gasteiger partial charge on any atom is -0.352 e. The van der Waals surface area contributed by atoms with Gasteiger partial charge in [0, 0.05) is 32.2 Å². The van der Waals surface area contributed by atoms with Crippen LogP contribution in [0.25, 0.3) is 0 Å². The average Bonchev–Trinajstić information content (AvgIpc) is 2.51. The SMILES string of the molecule is CCCCN(C)S(=O)(=O)NCc1ccc(C(=O)NCC)cc1. The van der Waals surface area contributed by atoms with Gasteiger partial charge < -0.3 is 5.32 Å². The smallest absolute Gasteiger partial charge is 0.279 e. The topological polar surface area (TPSA) is 78.5 Å². The fourth-order valence-corrected chi connectivity index (χ4v) is 2.76. The number of nitrogens with one attached hydrogen (secondary N) is 2. The van der Waals surface area contributed by atoms with Crippen LogP contribution in [0.2, 0.25) is 0 Å². The lowest BCUT2D eigenvalue weighted by Gasteiger charge is -2.17. The Balaban J connectivity index is 2.59. The van der Waals surface area contributed by atoms with Crippen LogP contribution in [0.3, 0.4) is 0 Å². The van der Waals surface area contributed by atoms with Crippen LogP contribution < -0.4 is 10.0 Å². The molecule has 0 atom stereocenters. The molecule has 0 fully saturated rings. The zero-order chi connectivity index (χ0) is 16.6. The zero-order valence-corrected chi connectivity index (χ0v) is 14.2. The van der Waals surface area contributed by atoms with E-state index in [0.717, 1.165) is 18.4 Å². The Morgan fingerprint density at radius 2 is 1.82 bits per heavy atom. The molecule has 0 saturated carbocycles. The molecule has 0 spiro atoms. The molecule has 1 rings (SSSR count). The van der Waals surface area contributed by atoms with E-state index in [1.165, 1.54) is 4.31 Å². The third-order valence-electron chi connectivity index (χ3n) is 3.25. The number of hydrogen-bond acceptors (Lipinski definition) is 3. The van der Waals surface area contributed by atoms with Crippen molar-refractivity contribution in [1.82, 2.24) is 14.3 Å². The molecule has 0 unspecified atom stereocenters. The number of hydrogen-bond donors (Lipinski definition) is 2. The van der Waals surface area contributed by atoms with Gasteiger partial charge in [-0.3, -0.25) is 4.79 Å². The molecule has 0 aliphatic carbocycles. The maximum Gasteiger partial charge on any atom is 0.279 e. The van der Waals surface area contributed by atoms with Gasteiger partial charge in [-0.15, -0.1) is 0 Å². The standard InChI is InChI=1S/C15H25N3O3S/c1-4-6-11-18(3)22(20,21)17-12-13-7-9-14(10-8-13)15(19)16-5-2/h7-10,17H,4-6,11-12H2,1-3H3,(H,16,19). The van der Waals surface area contributed by atoms with E-state index in [1.54, 1.807) is 31.3 Å². The van der Waals surface area contributed by atoms with Gasteiger partial charge in [0.1, 0.15) is 0 Å². The van der Waals surface area contributed by atoms with E-state index < -0.39 is 10.2 Å². The summed E-state index contributed by atoms with van der Waals surface area (Å²) in [6.45, 7) is 5.15. The Morgan fingerprint density at radius 3 is 2.36 bits per heavy atom. The van der Waals surface area contributed by atoms with Crippen LogP contribution in [0, 0.1) is 0 Å². The van der Waals surface area contributed by atoms with Crippen molar-refractivity contribution >= 4 is 16.1 Å². The van der Waals surface area contributed by atoms with Crippen molar-refractivity contribution in [3.05, 3.63) is 35.4 Å². The van der Waals surface area contributed by atoms with E-state index >= 15 is 0 Å². The fourth-order valence-electron chi connectivity index (χ4n) is 1.82. The maximum absolute atomic E-state index is 12.0. The highest BCUT2D eigenvalue weighted by Crippen LogP contribution is 2.06. The molecule has 7 heteroatoms. The van der Waals surface area contributed by atoms with Gasteiger partial charge >= 0.3 is 0 Å². The molecular formula is C15H25N3O3S. The summed E-state index contributed by atoms with van der Waals surface area (Å²) in [7, 11) is -1.90. The molecule has 0 radical (unpaired) electrons. The molecule has 0 bridgehead atoms. The summed E-state index contributed by atoms with van der Waals surface area (Å²) in [6, 6.07) is 6.88. The van der Waals surface area contributed by atoms with Gasteiger partial charge in [-0.25, -0.2) is 0 Å². The Labute approximate surface area is 133 Å². The third kappa shape index (κ3) is 5.75. The number of carbonyl (C=O) groups is 1. The van der Waals surface area contributed by atoms with Gasteiger partial charge in [0.15, 0.2) is 0 Å². The number of carbonyl (C=O) groups excluding carboxylic acids is 1. The fraction of sp³-hybridized carbons (Fsp3) is 0.533. The second-order valence-corrected chi connectivity index (χ2v) is 6.92. The summed E-state index contributed by atoms with van der Waals surface area (Å²) in [5.74, 6) is -0.131. The maximum atomic E-state index is 12.0. The Kier molecular flexibility index (Phi) is 7.50. The van der Waals surface area contributed by atoms with Crippen molar-refractivity contribution in [2.24, 2.45) is 0 Å². The molecule has 6 nitrogen and oxygen atoms in total. The van der Waals surface area contributed by atoms with Crippen molar-refractivity contribution in [1.29, 1.82) is 0 Å². The van der Waals surface area contributed by atoms with Crippen LogP contribution in [-0.2, 0) is 16.8 Å². The molecule has 0 aliphatic rings. The minimum absolute atomic E-state index is 0.131. The first-order valence-corrected chi connectivity index (χ1v) is 8.92. The summed E-state index contributed by atoms with van der Waals surface area (Å²) in [6.07, 6.45) is 1.78. The summed E-state index contributed by atoms with van der Waals surface area (Å²) in [5, 5.41) is 2.71. The van der Waals surface area contributed by atoms with E-state index in [1.807, 2.05) is 13.8 Å². The number of nitrogens with zero attached hydrogens (tertiary/aromatic N) is 1.